The van der Waals surface area contributed by atoms with Crippen molar-refractivity contribution in [3.63, 3.8) is 0 Å². The van der Waals surface area contributed by atoms with Gasteiger partial charge in [0.15, 0.2) is 5.16 Å². The Balaban J connectivity index is 2.33. The summed E-state index contributed by atoms with van der Waals surface area (Å²) in [5.74, 6) is 0.0793. The normalized spacial score (nSPS) is 12.5. The van der Waals surface area contributed by atoms with Crippen LogP contribution < -0.4 is 0 Å². The molecule has 1 N–H and O–H groups in total. The van der Waals surface area contributed by atoms with Gasteiger partial charge in [-0.2, -0.15) is 0 Å². The molecule has 0 aromatic carbocycles. The van der Waals surface area contributed by atoms with Crippen LogP contribution in [0.15, 0.2) is 17.3 Å². The average molecular weight is 325 g/mol. The van der Waals surface area contributed by atoms with Crippen LogP contribution >= 0.6 is 23.1 Å². The third kappa shape index (κ3) is 3.85. The fourth-order valence-electron chi connectivity index (χ4n) is 2.12. The van der Waals surface area contributed by atoms with E-state index < -0.39 is 5.97 Å². The molecule has 0 aliphatic rings. The molecule has 0 saturated carbocycles. The van der Waals surface area contributed by atoms with E-state index in [1.54, 1.807) is 11.3 Å². The summed E-state index contributed by atoms with van der Waals surface area (Å²) in [6.07, 6.45) is 1.83. The summed E-state index contributed by atoms with van der Waals surface area (Å²) in [6, 6.07) is 4.34. The van der Waals surface area contributed by atoms with Gasteiger partial charge in [0.25, 0.3) is 0 Å². The predicted octanol–water partition coefficient (Wildman–Crippen LogP) is 3.39. The second-order valence-electron chi connectivity index (χ2n) is 4.83. The van der Waals surface area contributed by atoms with Crippen molar-refractivity contribution in [3.8, 4) is 0 Å². The lowest BCUT2D eigenvalue weighted by Gasteiger charge is -2.16. The Morgan fingerprint density at radius 2 is 2.24 bits per heavy atom. The van der Waals surface area contributed by atoms with Gasteiger partial charge in [0.2, 0.25) is 0 Å². The van der Waals surface area contributed by atoms with E-state index in [-0.39, 0.29) is 11.8 Å². The van der Waals surface area contributed by atoms with Gasteiger partial charge in [0, 0.05) is 16.2 Å². The molecule has 7 heteroatoms. The van der Waals surface area contributed by atoms with Crippen LogP contribution in [0.5, 0.6) is 0 Å². The maximum Gasteiger partial charge on any atom is 0.313 e. The van der Waals surface area contributed by atoms with Crippen molar-refractivity contribution >= 4 is 29.1 Å². The molecule has 21 heavy (non-hydrogen) atoms. The van der Waals surface area contributed by atoms with Crippen LogP contribution in [0.3, 0.4) is 0 Å². The molecule has 0 aliphatic heterocycles. The number of aryl methyl sites for hydroxylation is 2. The first-order valence-electron chi connectivity index (χ1n) is 6.87. The maximum atomic E-state index is 10.8. The van der Waals surface area contributed by atoms with E-state index in [1.165, 1.54) is 21.5 Å². The van der Waals surface area contributed by atoms with Crippen molar-refractivity contribution < 1.29 is 9.90 Å². The number of rotatable bonds is 7. The van der Waals surface area contributed by atoms with E-state index >= 15 is 0 Å². The molecular formula is C14H19N3O2S2. The summed E-state index contributed by atoms with van der Waals surface area (Å²) in [6.45, 7) is 6.29. The second kappa shape index (κ2) is 7.09. The van der Waals surface area contributed by atoms with E-state index in [1.807, 2.05) is 0 Å². The Bertz CT molecular complexity index is 622. The summed E-state index contributed by atoms with van der Waals surface area (Å²) in [7, 11) is 0. The molecular weight excluding hydrogens is 306 g/mol. The fourth-order valence-corrected chi connectivity index (χ4v) is 3.79. The Labute approximate surface area is 132 Å². The summed E-state index contributed by atoms with van der Waals surface area (Å²) in [5.41, 5.74) is 0. The number of carboxylic acids is 1. The van der Waals surface area contributed by atoms with Gasteiger partial charge >= 0.3 is 5.97 Å². The zero-order valence-corrected chi connectivity index (χ0v) is 14.0. The van der Waals surface area contributed by atoms with Gasteiger partial charge in [-0.3, -0.25) is 9.36 Å². The van der Waals surface area contributed by atoms with Gasteiger partial charge in [0.05, 0.1) is 11.8 Å². The number of thiophene rings is 1. The third-order valence-corrected chi connectivity index (χ3v) is 5.19. The molecule has 2 aromatic rings. The number of nitrogens with zero attached hydrogens (tertiary/aromatic N) is 3. The Kier molecular flexibility index (Phi) is 5.41. The van der Waals surface area contributed by atoms with E-state index in [2.05, 4.69) is 47.7 Å². The lowest BCUT2D eigenvalue weighted by molar-refractivity contribution is -0.133. The van der Waals surface area contributed by atoms with Gasteiger partial charge in [-0.1, -0.05) is 18.7 Å². The largest absolute Gasteiger partial charge is 0.481 e. The molecule has 0 spiro atoms. The van der Waals surface area contributed by atoms with Crippen molar-refractivity contribution in [3.05, 3.63) is 27.7 Å². The van der Waals surface area contributed by atoms with Gasteiger partial charge in [0.1, 0.15) is 5.82 Å². The highest BCUT2D eigenvalue weighted by molar-refractivity contribution is 7.99. The molecule has 0 saturated heterocycles. The average Bonchev–Trinajstić information content (AvgIpc) is 3.03. The van der Waals surface area contributed by atoms with Crippen LogP contribution in [0.4, 0.5) is 0 Å². The molecule has 114 valence electrons. The van der Waals surface area contributed by atoms with Gasteiger partial charge in [-0.05, 0) is 32.4 Å². The highest BCUT2D eigenvalue weighted by Gasteiger charge is 2.20. The van der Waals surface area contributed by atoms with Gasteiger partial charge < -0.3 is 5.11 Å². The predicted molar refractivity (Wildman–Crippen MR) is 85.2 cm³/mol. The fraction of sp³-hybridized carbons (Fsp3) is 0.500. The highest BCUT2D eigenvalue weighted by Crippen LogP contribution is 2.30. The molecule has 1 unspecified atom stereocenters. The Hall–Kier alpha value is -1.34. The number of carbonyl (C=O) groups is 1. The number of aromatic nitrogens is 3. The molecule has 2 rings (SSSR count). The zero-order valence-electron chi connectivity index (χ0n) is 12.4. The van der Waals surface area contributed by atoms with E-state index in [0.717, 1.165) is 18.7 Å². The van der Waals surface area contributed by atoms with E-state index in [0.29, 0.717) is 5.16 Å². The molecule has 5 nitrogen and oxygen atoms in total. The maximum absolute atomic E-state index is 10.8. The molecule has 1 atom stereocenters. The minimum Gasteiger partial charge on any atom is -0.481 e. The van der Waals surface area contributed by atoms with Crippen LogP contribution in [0, 0.1) is 6.92 Å². The SMILES string of the molecule is CCCc1nnc(SCC(=O)O)n1C(C)c1ccc(C)s1. The van der Waals surface area contributed by atoms with E-state index in [9.17, 15) is 4.79 Å². The number of thioether (sulfide) groups is 1. The molecule has 0 fully saturated rings. The first-order chi connectivity index (χ1) is 10.0. The number of carboxylic acid groups (broad SMARTS) is 1. The molecule has 0 bridgehead atoms. The van der Waals surface area contributed by atoms with E-state index in [4.69, 9.17) is 5.11 Å². The Morgan fingerprint density at radius 3 is 2.81 bits per heavy atom. The lowest BCUT2D eigenvalue weighted by Crippen LogP contribution is -2.12. The first-order valence-corrected chi connectivity index (χ1v) is 8.67. The van der Waals surface area contributed by atoms with Crippen LogP contribution in [0.2, 0.25) is 0 Å². The molecule has 0 aliphatic carbocycles. The van der Waals surface area contributed by atoms with Crippen LogP contribution in [0.25, 0.3) is 0 Å². The molecule has 0 amide bonds. The van der Waals surface area contributed by atoms with Crippen LogP contribution in [-0.2, 0) is 11.2 Å². The second-order valence-corrected chi connectivity index (χ2v) is 7.09. The minimum absolute atomic E-state index is 0.000443. The highest BCUT2D eigenvalue weighted by atomic mass is 32.2. The summed E-state index contributed by atoms with van der Waals surface area (Å²) < 4.78 is 2.07. The Morgan fingerprint density at radius 1 is 1.48 bits per heavy atom. The monoisotopic (exact) mass is 325 g/mol. The van der Waals surface area contributed by atoms with Crippen molar-refractivity contribution in [2.75, 3.05) is 5.75 Å². The number of aliphatic carboxylic acids is 1. The van der Waals surface area contributed by atoms with Crippen molar-refractivity contribution in [2.24, 2.45) is 0 Å². The van der Waals surface area contributed by atoms with Crippen molar-refractivity contribution in [1.82, 2.24) is 14.8 Å². The lowest BCUT2D eigenvalue weighted by atomic mass is 10.2. The molecule has 2 heterocycles. The quantitative estimate of drug-likeness (QED) is 0.790. The smallest absolute Gasteiger partial charge is 0.313 e. The number of hydrogen-bond acceptors (Lipinski definition) is 5. The van der Waals surface area contributed by atoms with Crippen molar-refractivity contribution in [1.29, 1.82) is 0 Å². The first kappa shape index (κ1) is 16.0. The van der Waals surface area contributed by atoms with Crippen molar-refractivity contribution in [2.45, 2.75) is 44.8 Å². The summed E-state index contributed by atoms with van der Waals surface area (Å²) >= 11 is 2.98. The van der Waals surface area contributed by atoms with Gasteiger partial charge in [-0.15, -0.1) is 21.5 Å². The van der Waals surface area contributed by atoms with Crippen LogP contribution in [0.1, 0.15) is 41.9 Å². The van der Waals surface area contributed by atoms with Crippen LogP contribution in [-0.4, -0.2) is 31.6 Å². The molecule has 0 radical (unpaired) electrons. The summed E-state index contributed by atoms with van der Waals surface area (Å²) in [5, 5.41) is 18.0. The zero-order chi connectivity index (χ0) is 15.4. The van der Waals surface area contributed by atoms with Gasteiger partial charge in [-0.25, -0.2) is 0 Å². The molecule has 2 aromatic heterocycles. The summed E-state index contributed by atoms with van der Waals surface area (Å²) in [4.78, 5) is 13.3. The standard InChI is InChI=1S/C14H19N3O2S2/c1-4-5-12-15-16-14(20-8-13(18)19)17(12)10(3)11-7-6-9(2)21-11/h6-7,10H,4-5,8H2,1-3H3,(H,18,19). The third-order valence-electron chi connectivity index (χ3n) is 3.09. The minimum atomic E-state index is -0.841. The topological polar surface area (TPSA) is 68.0 Å². The number of hydrogen-bond donors (Lipinski definition) is 1.